The van der Waals surface area contributed by atoms with Gasteiger partial charge in [0.05, 0.1) is 17.9 Å². The molecule has 1 aliphatic carbocycles. The van der Waals surface area contributed by atoms with Crippen LogP contribution in [0.15, 0.2) is 30.4 Å². The van der Waals surface area contributed by atoms with E-state index in [1.807, 2.05) is 25.1 Å². The second-order valence-corrected chi connectivity index (χ2v) is 12.5. The summed E-state index contributed by atoms with van der Waals surface area (Å²) in [4.78, 5) is 43.4. The zero-order valence-corrected chi connectivity index (χ0v) is 24.3. The quantitative estimate of drug-likeness (QED) is 0.321. The maximum atomic E-state index is 14.1. The van der Waals surface area contributed by atoms with Gasteiger partial charge in [0.2, 0.25) is 17.7 Å². The number of carbonyl (C=O) groups is 3. The van der Waals surface area contributed by atoms with E-state index in [9.17, 15) is 14.4 Å². The third-order valence-corrected chi connectivity index (χ3v) is 10.1. The van der Waals surface area contributed by atoms with E-state index >= 15 is 0 Å². The molecule has 0 unspecified atom stereocenters. The Hall–Kier alpha value is -2.38. The number of ether oxygens (including phenoxy) is 1. The van der Waals surface area contributed by atoms with Crippen LogP contribution in [0.5, 0.6) is 0 Å². The number of hydrogen-bond acceptors (Lipinski definition) is 4. The molecule has 7 nitrogen and oxygen atoms in total. The van der Waals surface area contributed by atoms with E-state index in [1.165, 1.54) is 6.42 Å². The Labute approximate surface area is 237 Å². The lowest BCUT2D eigenvalue weighted by Crippen LogP contribution is -2.58. The predicted molar refractivity (Wildman–Crippen MR) is 152 cm³/mol. The average molecular weight is 556 g/mol. The van der Waals surface area contributed by atoms with Crippen LogP contribution in [0.1, 0.15) is 71.3 Å². The van der Waals surface area contributed by atoms with Crippen molar-refractivity contribution in [3.63, 3.8) is 0 Å². The number of benzene rings is 1. The van der Waals surface area contributed by atoms with Crippen LogP contribution in [0.4, 0.5) is 5.69 Å². The van der Waals surface area contributed by atoms with Gasteiger partial charge in [0, 0.05) is 23.3 Å². The summed E-state index contributed by atoms with van der Waals surface area (Å²) in [6, 6.07) is 4.66. The molecule has 0 radical (unpaired) electrons. The lowest BCUT2D eigenvalue weighted by atomic mass is 9.73. The number of aryl methyl sites for hydroxylation is 1. The van der Waals surface area contributed by atoms with E-state index in [4.69, 9.17) is 16.3 Å². The fraction of sp³-hybridized carbons (Fsp3) is 0.645. The van der Waals surface area contributed by atoms with E-state index in [-0.39, 0.29) is 23.8 Å². The summed E-state index contributed by atoms with van der Waals surface area (Å²) >= 11 is 6.28. The fourth-order valence-corrected chi connectivity index (χ4v) is 7.34. The molecule has 3 aliphatic heterocycles. The maximum Gasteiger partial charge on any atom is 0.246 e. The number of halogens is 1. The van der Waals surface area contributed by atoms with Crippen LogP contribution >= 0.6 is 11.6 Å². The summed E-state index contributed by atoms with van der Waals surface area (Å²) in [5.74, 6) is -1.17. The highest BCUT2D eigenvalue weighted by atomic mass is 35.5. The van der Waals surface area contributed by atoms with E-state index in [1.54, 1.807) is 17.0 Å². The number of hydrogen-bond donors (Lipinski definition) is 2. The molecule has 3 amide bonds. The number of anilines is 1. The van der Waals surface area contributed by atoms with Crippen molar-refractivity contribution < 1.29 is 19.1 Å². The highest BCUT2D eigenvalue weighted by Gasteiger charge is 2.72. The molecule has 1 saturated carbocycles. The molecular weight excluding hydrogens is 514 g/mol. The Morgan fingerprint density at radius 2 is 1.95 bits per heavy atom. The molecule has 2 saturated heterocycles. The number of nitrogens with one attached hydrogen (secondary N) is 2. The van der Waals surface area contributed by atoms with Gasteiger partial charge < -0.3 is 20.3 Å². The van der Waals surface area contributed by atoms with Crippen LogP contribution in [0.2, 0.25) is 5.02 Å². The van der Waals surface area contributed by atoms with Gasteiger partial charge in [-0.15, -0.1) is 0 Å². The average Bonchev–Trinajstić information content (AvgIpc) is 3.54. The van der Waals surface area contributed by atoms with Gasteiger partial charge >= 0.3 is 0 Å². The van der Waals surface area contributed by atoms with Crippen molar-refractivity contribution in [2.75, 3.05) is 11.9 Å². The SMILES string of the molecule is CCCCCCN1C(=O)[C@@H]2[C@H](C(=O)Nc3ccc(C)c(Cl)c3)[C@@H]3C=C[C@@]2(O3)[C@@H]1C(=O)N[C@@H]1CCC[C@@H](C)[C@@H]1C. The number of carbonyl (C=O) groups excluding carboxylic acids is 3. The first-order valence-corrected chi connectivity index (χ1v) is 15.1. The molecule has 1 aromatic rings. The first-order valence-electron chi connectivity index (χ1n) is 14.7. The standard InChI is InChI=1S/C31H42ClN3O4/c1-5-6-7-8-16-35-27(29(37)34-23-11-9-10-18(2)20(23)4)31-15-14-24(39-31)25(26(31)30(35)38)28(36)33-21-13-12-19(3)22(32)17-21/h12-15,17-18,20,23-27H,5-11,16H2,1-4H3,(H,33,36)(H,34,37)/t18-,20+,23-,24+,25-,26+,27+,31+/m1/s1. The van der Waals surface area contributed by atoms with Crippen LogP contribution in [0, 0.1) is 30.6 Å². The Balaban J connectivity index is 1.41. The van der Waals surface area contributed by atoms with E-state index < -0.39 is 29.6 Å². The molecule has 5 rings (SSSR count). The maximum absolute atomic E-state index is 14.1. The van der Waals surface area contributed by atoms with Gasteiger partial charge in [0.15, 0.2) is 0 Å². The third-order valence-electron chi connectivity index (χ3n) is 9.65. The van der Waals surface area contributed by atoms with Gasteiger partial charge in [0.1, 0.15) is 11.6 Å². The molecule has 3 fully saturated rings. The molecule has 1 aromatic carbocycles. The predicted octanol–water partition coefficient (Wildman–Crippen LogP) is 5.26. The van der Waals surface area contributed by atoms with Crippen LogP contribution in [0.3, 0.4) is 0 Å². The summed E-state index contributed by atoms with van der Waals surface area (Å²) in [7, 11) is 0. The second kappa shape index (κ2) is 11.2. The van der Waals surface area contributed by atoms with Crippen molar-refractivity contribution in [1.29, 1.82) is 0 Å². The molecule has 0 aromatic heterocycles. The normalized spacial score (nSPS) is 34.8. The van der Waals surface area contributed by atoms with Gasteiger partial charge in [-0.3, -0.25) is 14.4 Å². The molecule has 4 aliphatic rings. The topological polar surface area (TPSA) is 87.7 Å². The molecule has 39 heavy (non-hydrogen) atoms. The molecule has 8 heteroatoms. The molecular formula is C31H42ClN3O4. The van der Waals surface area contributed by atoms with Crippen molar-refractivity contribution in [3.05, 3.63) is 40.9 Å². The number of fused-ring (bicyclic) bond motifs is 1. The highest BCUT2D eigenvalue weighted by molar-refractivity contribution is 6.31. The number of rotatable bonds is 9. The first kappa shape index (κ1) is 28.2. The molecule has 2 N–H and O–H groups in total. The number of amides is 3. The zero-order chi connectivity index (χ0) is 27.9. The van der Waals surface area contributed by atoms with Gasteiger partial charge in [-0.25, -0.2) is 0 Å². The smallest absolute Gasteiger partial charge is 0.246 e. The van der Waals surface area contributed by atoms with Crippen molar-refractivity contribution in [2.45, 2.75) is 96.4 Å². The Kier molecular flexibility index (Phi) is 8.12. The second-order valence-electron chi connectivity index (χ2n) is 12.1. The third kappa shape index (κ3) is 5.01. The molecule has 3 heterocycles. The summed E-state index contributed by atoms with van der Waals surface area (Å²) < 4.78 is 6.48. The summed E-state index contributed by atoms with van der Waals surface area (Å²) in [5, 5.41) is 6.83. The van der Waals surface area contributed by atoms with Gasteiger partial charge in [-0.05, 0) is 49.3 Å². The van der Waals surface area contributed by atoms with Crippen molar-refractivity contribution >= 4 is 35.0 Å². The molecule has 2 bridgehead atoms. The van der Waals surface area contributed by atoms with Crippen LogP contribution < -0.4 is 10.6 Å². The van der Waals surface area contributed by atoms with Gasteiger partial charge in [-0.1, -0.05) is 82.7 Å². The monoisotopic (exact) mass is 555 g/mol. The van der Waals surface area contributed by atoms with Crippen LogP contribution in [-0.2, 0) is 19.1 Å². The number of unbranched alkanes of at least 4 members (excludes halogenated alkanes) is 3. The summed E-state index contributed by atoms with van der Waals surface area (Å²) in [6.07, 6.45) is 10.3. The minimum Gasteiger partial charge on any atom is -0.359 e. The van der Waals surface area contributed by atoms with Crippen molar-refractivity contribution in [2.24, 2.45) is 23.7 Å². The van der Waals surface area contributed by atoms with Gasteiger partial charge in [0.25, 0.3) is 0 Å². The minimum absolute atomic E-state index is 0.0710. The zero-order valence-electron chi connectivity index (χ0n) is 23.5. The van der Waals surface area contributed by atoms with E-state index in [0.717, 1.165) is 44.1 Å². The lowest BCUT2D eigenvalue weighted by Gasteiger charge is -2.38. The van der Waals surface area contributed by atoms with Crippen LogP contribution in [0.25, 0.3) is 0 Å². The number of likely N-dealkylation sites (tertiary alicyclic amines) is 1. The molecule has 1 spiro atoms. The number of nitrogens with zero attached hydrogens (tertiary/aromatic N) is 1. The van der Waals surface area contributed by atoms with Crippen molar-refractivity contribution in [1.82, 2.24) is 10.2 Å². The lowest BCUT2D eigenvalue weighted by molar-refractivity contribution is -0.141. The Morgan fingerprint density at radius 1 is 1.15 bits per heavy atom. The Bertz CT molecular complexity index is 1150. The first-order chi connectivity index (χ1) is 18.7. The summed E-state index contributed by atoms with van der Waals surface area (Å²) in [5.41, 5.74) is 0.362. The van der Waals surface area contributed by atoms with Crippen LogP contribution in [-0.4, -0.2) is 53.0 Å². The van der Waals surface area contributed by atoms with Crippen molar-refractivity contribution in [3.8, 4) is 0 Å². The molecule has 212 valence electrons. The largest absolute Gasteiger partial charge is 0.359 e. The Morgan fingerprint density at radius 3 is 2.69 bits per heavy atom. The summed E-state index contributed by atoms with van der Waals surface area (Å²) in [6.45, 7) is 8.97. The molecule has 8 atom stereocenters. The highest BCUT2D eigenvalue weighted by Crippen LogP contribution is 2.55. The minimum atomic E-state index is -1.13. The van der Waals surface area contributed by atoms with E-state index in [0.29, 0.717) is 29.1 Å². The fourth-order valence-electron chi connectivity index (χ4n) is 7.16. The van der Waals surface area contributed by atoms with E-state index in [2.05, 4.69) is 31.4 Å². The van der Waals surface area contributed by atoms with Gasteiger partial charge in [-0.2, -0.15) is 0 Å².